The molecule has 0 bridgehead atoms. The van der Waals surface area contributed by atoms with E-state index >= 15 is 0 Å². The number of hydrogen-bond donors (Lipinski definition) is 2. The lowest BCUT2D eigenvalue weighted by Gasteiger charge is -2.20. The summed E-state index contributed by atoms with van der Waals surface area (Å²) in [4.78, 5) is 36.6. The highest BCUT2D eigenvalue weighted by atomic mass is 19.1. The van der Waals surface area contributed by atoms with Gasteiger partial charge in [-0.25, -0.2) is 13.6 Å². The van der Waals surface area contributed by atoms with Crippen molar-refractivity contribution in [1.82, 2.24) is 10.6 Å². The molecule has 0 aliphatic heterocycles. The first-order valence-electron chi connectivity index (χ1n) is 9.45. The number of carbonyl (C=O) groups is 3. The average molecular weight is 418 g/mol. The van der Waals surface area contributed by atoms with Crippen LogP contribution >= 0.6 is 0 Å². The van der Waals surface area contributed by atoms with E-state index in [0.29, 0.717) is 18.9 Å². The maximum absolute atomic E-state index is 13.2. The van der Waals surface area contributed by atoms with E-state index in [9.17, 15) is 23.2 Å². The van der Waals surface area contributed by atoms with Crippen LogP contribution < -0.4 is 10.6 Å². The van der Waals surface area contributed by atoms with Crippen LogP contribution in [-0.2, 0) is 32.0 Å². The minimum atomic E-state index is -0.959. The summed E-state index contributed by atoms with van der Waals surface area (Å²) in [5.41, 5.74) is 1.15. The predicted molar refractivity (Wildman–Crippen MR) is 106 cm³/mol. The summed E-state index contributed by atoms with van der Waals surface area (Å²) in [5.74, 6) is -3.32. The number of hydrogen-bond acceptors (Lipinski definition) is 4. The highest BCUT2D eigenvalue weighted by Gasteiger charge is 2.25. The molecular formula is C22H24F2N2O4. The summed E-state index contributed by atoms with van der Waals surface area (Å²) >= 11 is 0. The van der Waals surface area contributed by atoms with E-state index < -0.39 is 41.5 Å². The molecule has 2 rings (SSSR count). The maximum atomic E-state index is 13.2. The van der Waals surface area contributed by atoms with Gasteiger partial charge in [0.15, 0.2) is 0 Å². The Hall–Kier alpha value is -3.29. The second-order valence-electron chi connectivity index (χ2n) is 6.85. The summed E-state index contributed by atoms with van der Waals surface area (Å²) < 4.78 is 31.2. The van der Waals surface area contributed by atoms with E-state index in [0.717, 1.165) is 17.7 Å². The van der Waals surface area contributed by atoms with Gasteiger partial charge in [0.2, 0.25) is 11.8 Å². The second-order valence-corrected chi connectivity index (χ2v) is 6.85. The number of methoxy groups -OCH3 is 1. The van der Waals surface area contributed by atoms with Gasteiger partial charge in [0.25, 0.3) is 0 Å². The molecule has 160 valence electrons. The first-order valence-corrected chi connectivity index (χ1v) is 9.45. The lowest BCUT2D eigenvalue weighted by molar-refractivity contribution is -0.145. The van der Waals surface area contributed by atoms with Crippen molar-refractivity contribution in [3.05, 3.63) is 71.3 Å². The van der Waals surface area contributed by atoms with E-state index in [4.69, 9.17) is 4.74 Å². The number of amides is 2. The van der Waals surface area contributed by atoms with Crippen LogP contribution in [0.4, 0.5) is 8.78 Å². The standard InChI is InChI=1S/C22H24F2N2O4/c1-14(25-20(27)12-16-10-17(23)13-18(24)11-16)21(28)26-19(22(29)30-2)9-8-15-6-4-3-5-7-15/h3-7,10-11,13-14,19H,8-9,12H2,1-2H3,(H,25,27)(H,26,28). The fraction of sp³-hybridized carbons (Fsp3) is 0.318. The Morgan fingerprint density at radius 2 is 1.60 bits per heavy atom. The molecule has 0 aliphatic carbocycles. The Kier molecular flexibility index (Phi) is 8.46. The van der Waals surface area contributed by atoms with E-state index in [1.54, 1.807) is 0 Å². The molecule has 2 unspecified atom stereocenters. The van der Waals surface area contributed by atoms with Crippen LogP contribution in [0.1, 0.15) is 24.5 Å². The van der Waals surface area contributed by atoms with Crippen molar-refractivity contribution in [3.8, 4) is 0 Å². The predicted octanol–water partition coefficient (Wildman–Crippen LogP) is 2.30. The number of aryl methyl sites for hydroxylation is 1. The number of esters is 1. The molecule has 0 radical (unpaired) electrons. The quantitative estimate of drug-likeness (QED) is 0.612. The third-order valence-electron chi connectivity index (χ3n) is 4.42. The van der Waals surface area contributed by atoms with E-state index in [-0.39, 0.29) is 12.0 Å². The average Bonchev–Trinajstić information content (AvgIpc) is 2.70. The van der Waals surface area contributed by atoms with Crippen molar-refractivity contribution in [2.45, 2.75) is 38.3 Å². The lowest BCUT2D eigenvalue weighted by Crippen LogP contribution is -2.51. The highest BCUT2D eigenvalue weighted by molar-refractivity contribution is 5.90. The topological polar surface area (TPSA) is 84.5 Å². The normalized spacial score (nSPS) is 12.5. The van der Waals surface area contributed by atoms with Gasteiger partial charge >= 0.3 is 5.97 Å². The molecule has 8 heteroatoms. The van der Waals surface area contributed by atoms with Crippen LogP contribution in [0.5, 0.6) is 0 Å². The Balaban J connectivity index is 1.91. The van der Waals surface area contributed by atoms with Gasteiger partial charge in [0, 0.05) is 6.07 Å². The SMILES string of the molecule is COC(=O)C(CCc1ccccc1)NC(=O)C(C)NC(=O)Cc1cc(F)cc(F)c1. The van der Waals surface area contributed by atoms with Crippen molar-refractivity contribution in [3.63, 3.8) is 0 Å². The summed E-state index contributed by atoms with van der Waals surface area (Å²) in [5, 5.41) is 5.03. The Labute approximate surface area is 173 Å². The molecule has 0 aliphatic rings. The van der Waals surface area contributed by atoms with Gasteiger partial charge in [-0.05, 0) is 43.0 Å². The van der Waals surface area contributed by atoms with Crippen LogP contribution in [0.2, 0.25) is 0 Å². The van der Waals surface area contributed by atoms with Crippen molar-refractivity contribution in [2.75, 3.05) is 7.11 Å². The molecule has 2 N–H and O–H groups in total. The van der Waals surface area contributed by atoms with Crippen LogP contribution in [0, 0.1) is 11.6 Å². The monoisotopic (exact) mass is 418 g/mol. The molecule has 6 nitrogen and oxygen atoms in total. The van der Waals surface area contributed by atoms with Gasteiger partial charge in [0.1, 0.15) is 23.7 Å². The van der Waals surface area contributed by atoms with Crippen molar-refractivity contribution < 1.29 is 27.9 Å². The Morgan fingerprint density at radius 1 is 0.967 bits per heavy atom. The van der Waals surface area contributed by atoms with Crippen LogP contribution in [-0.4, -0.2) is 37.0 Å². The molecule has 0 spiro atoms. The molecule has 0 fully saturated rings. The molecule has 2 aromatic carbocycles. The van der Waals surface area contributed by atoms with E-state index in [2.05, 4.69) is 10.6 Å². The highest BCUT2D eigenvalue weighted by Crippen LogP contribution is 2.09. The zero-order chi connectivity index (χ0) is 22.1. The number of carbonyl (C=O) groups excluding carboxylic acids is 3. The molecule has 0 heterocycles. The lowest BCUT2D eigenvalue weighted by atomic mass is 10.0. The van der Waals surface area contributed by atoms with Gasteiger partial charge in [-0.3, -0.25) is 9.59 Å². The van der Waals surface area contributed by atoms with Crippen molar-refractivity contribution >= 4 is 17.8 Å². The molecule has 2 aromatic rings. The van der Waals surface area contributed by atoms with Gasteiger partial charge in [0.05, 0.1) is 13.5 Å². The van der Waals surface area contributed by atoms with Crippen LogP contribution in [0.15, 0.2) is 48.5 Å². The fourth-order valence-electron chi connectivity index (χ4n) is 2.90. The van der Waals surface area contributed by atoms with Crippen molar-refractivity contribution in [2.24, 2.45) is 0 Å². The van der Waals surface area contributed by atoms with Crippen LogP contribution in [0.3, 0.4) is 0 Å². The molecule has 30 heavy (non-hydrogen) atoms. The first-order chi connectivity index (χ1) is 14.3. The van der Waals surface area contributed by atoms with E-state index in [1.807, 2.05) is 30.3 Å². The van der Waals surface area contributed by atoms with Gasteiger partial charge in [-0.15, -0.1) is 0 Å². The molecule has 0 aromatic heterocycles. The minimum absolute atomic E-state index is 0.146. The number of benzene rings is 2. The van der Waals surface area contributed by atoms with Gasteiger partial charge < -0.3 is 15.4 Å². The Bertz CT molecular complexity index is 870. The zero-order valence-corrected chi connectivity index (χ0v) is 16.8. The second kappa shape index (κ2) is 11.0. The zero-order valence-electron chi connectivity index (χ0n) is 16.8. The molecule has 2 amide bonds. The summed E-state index contributed by atoms with van der Waals surface area (Å²) in [7, 11) is 1.23. The Morgan fingerprint density at radius 3 is 2.20 bits per heavy atom. The van der Waals surface area contributed by atoms with Crippen LogP contribution in [0.25, 0.3) is 0 Å². The summed E-state index contributed by atoms with van der Waals surface area (Å²) in [6.07, 6.45) is 0.583. The van der Waals surface area contributed by atoms with Gasteiger partial charge in [-0.1, -0.05) is 30.3 Å². The summed E-state index contributed by atoms with van der Waals surface area (Å²) in [6.45, 7) is 1.45. The number of halogens is 2. The third kappa shape index (κ3) is 7.27. The number of ether oxygens (including phenoxy) is 1. The minimum Gasteiger partial charge on any atom is -0.467 e. The summed E-state index contributed by atoms with van der Waals surface area (Å²) in [6, 6.07) is 10.4. The number of rotatable bonds is 9. The van der Waals surface area contributed by atoms with Gasteiger partial charge in [-0.2, -0.15) is 0 Å². The molecule has 0 saturated heterocycles. The third-order valence-corrected chi connectivity index (χ3v) is 4.42. The molecule has 0 saturated carbocycles. The smallest absolute Gasteiger partial charge is 0.328 e. The maximum Gasteiger partial charge on any atom is 0.328 e. The molecule has 2 atom stereocenters. The number of nitrogens with one attached hydrogen (secondary N) is 2. The fourth-order valence-corrected chi connectivity index (χ4v) is 2.90. The largest absolute Gasteiger partial charge is 0.467 e. The molecular weight excluding hydrogens is 394 g/mol. The van der Waals surface area contributed by atoms with E-state index in [1.165, 1.54) is 14.0 Å². The van der Waals surface area contributed by atoms with Crippen molar-refractivity contribution in [1.29, 1.82) is 0 Å². The first kappa shape index (κ1) is 23.0.